The molecule has 1 aliphatic rings. The van der Waals surface area contributed by atoms with E-state index < -0.39 is 23.7 Å². The minimum atomic E-state index is -4.40. The second kappa shape index (κ2) is 5.42. The number of hydrogen-bond donors (Lipinski definition) is 1. The van der Waals surface area contributed by atoms with Crippen molar-refractivity contribution in [2.45, 2.75) is 37.7 Å². The molecule has 3 rings (SSSR count). The Bertz CT molecular complexity index is 755. The van der Waals surface area contributed by atoms with Gasteiger partial charge in [-0.2, -0.15) is 18.3 Å². The summed E-state index contributed by atoms with van der Waals surface area (Å²) in [5.74, 6) is 0.137. The molecule has 1 saturated carbocycles. The lowest BCUT2D eigenvalue weighted by atomic mass is 10.1. The van der Waals surface area contributed by atoms with Gasteiger partial charge >= 0.3 is 6.18 Å². The van der Waals surface area contributed by atoms with E-state index in [0.717, 1.165) is 17.5 Å². The molecule has 22 heavy (non-hydrogen) atoms. The summed E-state index contributed by atoms with van der Waals surface area (Å²) in [6.45, 7) is 0.470. The highest BCUT2D eigenvalue weighted by Gasteiger charge is 2.32. The Morgan fingerprint density at radius 2 is 2.14 bits per heavy atom. The molecule has 4 nitrogen and oxygen atoms in total. The van der Waals surface area contributed by atoms with Crippen LogP contribution in [0.5, 0.6) is 0 Å². The van der Waals surface area contributed by atoms with Gasteiger partial charge in [0.05, 0.1) is 21.2 Å². The lowest BCUT2D eigenvalue weighted by Crippen LogP contribution is -2.19. The number of aryl methyl sites for hydroxylation is 1. The zero-order valence-electron chi connectivity index (χ0n) is 11.6. The minimum absolute atomic E-state index is 0.0337. The van der Waals surface area contributed by atoms with Crippen molar-refractivity contribution in [3.05, 3.63) is 22.7 Å². The molecule has 120 valence electrons. The molecule has 1 atom stereocenters. The Balaban J connectivity index is 2.10. The summed E-state index contributed by atoms with van der Waals surface area (Å²) >= 11 is 6.12. The molecule has 1 unspecified atom stereocenters. The van der Waals surface area contributed by atoms with E-state index in [-0.39, 0.29) is 16.1 Å². The number of aromatic nitrogens is 2. The van der Waals surface area contributed by atoms with Crippen molar-refractivity contribution in [1.82, 2.24) is 9.78 Å². The van der Waals surface area contributed by atoms with Crippen LogP contribution in [0.25, 0.3) is 10.9 Å². The van der Waals surface area contributed by atoms with Crippen molar-refractivity contribution in [2.24, 2.45) is 0 Å². The Morgan fingerprint density at radius 3 is 2.73 bits per heavy atom. The lowest BCUT2D eigenvalue weighted by molar-refractivity contribution is -0.141. The molecule has 1 aromatic heterocycles. The maximum Gasteiger partial charge on any atom is 0.408 e. The molecule has 1 N–H and O–H groups in total. The second-order valence-corrected chi connectivity index (χ2v) is 7.18. The number of anilines is 1. The number of fused-ring (bicyclic) bond motifs is 1. The van der Waals surface area contributed by atoms with Crippen LogP contribution in [-0.4, -0.2) is 25.4 Å². The van der Waals surface area contributed by atoms with Crippen LogP contribution in [0, 0.1) is 6.92 Å². The van der Waals surface area contributed by atoms with Gasteiger partial charge < -0.3 is 0 Å². The van der Waals surface area contributed by atoms with Crippen molar-refractivity contribution in [1.29, 1.82) is 0 Å². The van der Waals surface area contributed by atoms with Crippen molar-refractivity contribution >= 4 is 39.3 Å². The second-order valence-electron chi connectivity index (χ2n) is 5.31. The van der Waals surface area contributed by atoms with E-state index in [2.05, 4.69) is 9.82 Å². The van der Waals surface area contributed by atoms with Gasteiger partial charge in [0.15, 0.2) is 5.82 Å². The van der Waals surface area contributed by atoms with Crippen LogP contribution >= 0.6 is 11.6 Å². The predicted octanol–water partition coefficient (Wildman–Crippen LogP) is 3.80. The highest BCUT2D eigenvalue weighted by atomic mass is 35.5. The van der Waals surface area contributed by atoms with Gasteiger partial charge in [-0.3, -0.25) is 9.40 Å². The largest absolute Gasteiger partial charge is 0.408 e. The van der Waals surface area contributed by atoms with Crippen molar-refractivity contribution in [3.8, 4) is 0 Å². The molecule has 1 aromatic carbocycles. The topological polar surface area (TPSA) is 46.9 Å². The van der Waals surface area contributed by atoms with Gasteiger partial charge in [0, 0.05) is 0 Å². The van der Waals surface area contributed by atoms with E-state index in [1.54, 1.807) is 19.1 Å². The third-order valence-corrected chi connectivity index (χ3v) is 5.18. The van der Waals surface area contributed by atoms with Crippen LogP contribution in [0.1, 0.15) is 18.4 Å². The van der Waals surface area contributed by atoms with Crippen LogP contribution < -0.4 is 4.72 Å². The van der Waals surface area contributed by atoms with E-state index in [1.165, 1.54) is 0 Å². The zero-order valence-corrected chi connectivity index (χ0v) is 13.1. The molecule has 1 aliphatic carbocycles. The van der Waals surface area contributed by atoms with E-state index in [9.17, 15) is 17.4 Å². The maximum atomic E-state index is 12.7. The first-order valence-electron chi connectivity index (χ1n) is 6.66. The number of hydrogen-bond acceptors (Lipinski definition) is 2. The Labute approximate surface area is 132 Å². The van der Waals surface area contributed by atoms with Crippen molar-refractivity contribution in [2.75, 3.05) is 4.72 Å². The van der Waals surface area contributed by atoms with Gasteiger partial charge in [0.2, 0.25) is 0 Å². The van der Waals surface area contributed by atoms with Crippen LogP contribution in [0.3, 0.4) is 0 Å². The number of nitrogens with zero attached hydrogens (tertiary/aromatic N) is 2. The summed E-state index contributed by atoms with van der Waals surface area (Å²) in [5.41, 5.74) is 0.932. The van der Waals surface area contributed by atoms with Gasteiger partial charge in [-0.1, -0.05) is 17.7 Å². The first-order chi connectivity index (χ1) is 10.3. The highest BCUT2D eigenvalue weighted by Crippen LogP contribution is 2.35. The van der Waals surface area contributed by atoms with Crippen molar-refractivity contribution in [3.63, 3.8) is 0 Å². The van der Waals surface area contributed by atoms with Gasteiger partial charge in [0.25, 0.3) is 0 Å². The van der Waals surface area contributed by atoms with Gasteiger partial charge in [-0.05, 0) is 31.4 Å². The number of rotatable bonds is 4. The smallest absolute Gasteiger partial charge is 0.287 e. The average Bonchev–Trinajstić information content (AvgIpc) is 3.18. The highest BCUT2D eigenvalue weighted by molar-refractivity contribution is 7.87. The summed E-state index contributed by atoms with van der Waals surface area (Å²) < 4.78 is 53.8. The van der Waals surface area contributed by atoms with Gasteiger partial charge in [-0.15, -0.1) is 0 Å². The average molecular weight is 352 g/mol. The summed E-state index contributed by atoms with van der Waals surface area (Å²) in [6.07, 6.45) is -2.72. The van der Waals surface area contributed by atoms with E-state index in [0.29, 0.717) is 16.5 Å². The Hall–Kier alpha value is -1.28. The van der Waals surface area contributed by atoms with Crippen LogP contribution in [0.4, 0.5) is 19.0 Å². The Morgan fingerprint density at radius 1 is 1.45 bits per heavy atom. The predicted molar refractivity (Wildman–Crippen MR) is 80.3 cm³/mol. The lowest BCUT2D eigenvalue weighted by Gasteiger charge is -2.08. The molecule has 0 spiro atoms. The third kappa shape index (κ3) is 3.08. The summed E-state index contributed by atoms with van der Waals surface area (Å²) in [4.78, 5) is 0. The molecule has 0 radical (unpaired) electrons. The molecule has 0 amide bonds. The standard InChI is InChI=1S/C13H13ClF3N3OS/c1-7-2-5-9(14)10-11(7)20(6-13(15,16)17)18-12(10)19-22(21)8-3-4-8/h2,5,8H,3-4,6H2,1H3,(H,18,19). The number of halogens is 4. The normalized spacial score (nSPS) is 17.0. The minimum Gasteiger partial charge on any atom is -0.287 e. The molecular formula is C13H13ClF3N3OS. The van der Waals surface area contributed by atoms with E-state index in [4.69, 9.17) is 11.6 Å². The van der Waals surface area contributed by atoms with Crippen molar-refractivity contribution < 1.29 is 17.4 Å². The number of benzene rings is 1. The number of alkyl halides is 3. The molecular weight excluding hydrogens is 339 g/mol. The molecule has 0 bridgehead atoms. The Kier molecular flexibility index (Phi) is 3.84. The summed E-state index contributed by atoms with van der Waals surface area (Å²) in [6, 6.07) is 3.24. The first kappa shape index (κ1) is 15.6. The van der Waals surface area contributed by atoms with Gasteiger partial charge in [-0.25, -0.2) is 4.21 Å². The van der Waals surface area contributed by atoms with Crippen LogP contribution in [-0.2, 0) is 17.5 Å². The fourth-order valence-corrected chi connectivity index (χ4v) is 3.57. The first-order valence-corrected chi connectivity index (χ1v) is 8.25. The maximum absolute atomic E-state index is 12.7. The van der Waals surface area contributed by atoms with Crippen LogP contribution in [0.2, 0.25) is 5.02 Å². The monoisotopic (exact) mass is 351 g/mol. The molecule has 2 aromatic rings. The van der Waals surface area contributed by atoms with E-state index in [1.807, 2.05) is 0 Å². The van der Waals surface area contributed by atoms with E-state index >= 15 is 0 Å². The molecule has 0 aliphatic heterocycles. The molecule has 1 fully saturated rings. The summed E-state index contributed by atoms with van der Waals surface area (Å²) in [5, 5.41) is 4.64. The van der Waals surface area contributed by atoms with Crippen LogP contribution in [0.15, 0.2) is 12.1 Å². The SMILES string of the molecule is Cc1ccc(Cl)c2c(NS(=O)C3CC3)nn(CC(F)(F)F)c12. The quantitative estimate of drug-likeness (QED) is 0.910. The van der Waals surface area contributed by atoms with Gasteiger partial charge in [0.1, 0.15) is 17.5 Å². The molecule has 1 heterocycles. The molecule has 0 saturated heterocycles. The summed E-state index contributed by atoms with van der Waals surface area (Å²) in [7, 11) is -1.36. The third-order valence-electron chi connectivity index (χ3n) is 3.40. The zero-order chi connectivity index (χ0) is 16.1. The number of nitrogens with one attached hydrogen (secondary N) is 1. The fraction of sp³-hybridized carbons (Fsp3) is 0.462. The molecule has 9 heteroatoms. The fourth-order valence-electron chi connectivity index (χ4n) is 2.27.